The van der Waals surface area contributed by atoms with Crippen LogP contribution in [0.2, 0.25) is 0 Å². The summed E-state index contributed by atoms with van der Waals surface area (Å²) in [5.74, 6) is 1.44. The van der Waals surface area contributed by atoms with Gasteiger partial charge in [0.25, 0.3) is 0 Å². The number of hydrogen-bond acceptors (Lipinski definition) is 2. The van der Waals surface area contributed by atoms with Gasteiger partial charge in [-0.15, -0.1) is 0 Å². The minimum atomic E-state index is 0.375. The second kappa shape index (κ2) is 4.63. The first-order valence-electron chi connectivity index (χ1n) is 6.16. The summed E-state index contributed by atoms with van der Waals surface area (Å²) in [7, 11) is 0. The molecule has 0 aromatic heterocycles. The van der Waals surface area contributed by atoms with Crippen molar-refractivity contribution in [2.24, 2.45) is 11.8 Å². The molecule has 0 aliphatic heterocycles. The standard InChI is InChI=1S/C12H23NO/c1-9-5-6-11(7-9)13-12-4-2-3-10(12)8-14/h9-14H,2-8H2,1H3. The van der Waals surface area contributed by atoms with E-state index < -0.39 is 0 Å². The summed E-state index contributed by atoms with van der Waals surface area (Å²) < 4.78 is 0. The molecule has 2 aliphatic carbocycles. The third kappa shape index (κ3) is 2.29. The minimum absolute atomic E-state index is 0.375. The molecule has 4 atom stereocenters. The SMILES string of the molecule is CC1CCC(NC2CCCC2CO)C1. The average Bonchev–Trinajstić information content (AvgIpc) is 2.76. The van der Waals surface area contributed by atoms with Gasteiger partial charge in [0.1, 0.15) is 0 Å². The third-order valence-electron chi connectivity index (χ3n) is 4.04. The lowest BCUT2D eigenvalue weighted by atomic mass is 10.0. The second-order valence-corrected chi connectivity index (χ2v) is 5.26. The van der Waals surface area contributed by atoms with Crippen molar-refractivity contribution in [3.8, 4) is 0 Å². The Bertz CT molecular complexity index is 183. The highest BCUT2D eigenvalue weighted by atomic mass is 16.3. The lowest BCUT2D eigenvalue weighted by molar-refractivity contribution is 0.199. The average molecular weight is 197 g/mol. The fourth-order valence-corrected chi connectivity index (χ4v) is 3.14. The van der Waals surface area contributed by atoms with Crippen molar-refractivity contribution in [3.63, 3.8) is 0 Å². The fourth-order valence-electron chi connectivity index (χ4n) is 3.14. The number of nitrogens with one attached hydrogen (secondary N) is 1. The molecule has 0 amide bonds. The maximum absolute atomic E-state index is 9.22. The quantitative estimate of drug-likeness (QED) is 0.724. The van der Waals surface area contributed by atoms with Gasteiger partial charge in [0.2, 0.25) is 0 Å². The zero-order chi connectivity index (χ0) is 9.97. The molecule has 0 aromatic carbocycles. The summed E-state index contributed by atoms with van der Waals surface area (Å²) in [6, 6.07) is 1.34. The molecule has 2 heteroatoms. The molecule has 2 nitrogen and oxygen atoms in total. The molecule has 2 rings (SSSR count). The topological polar surface area (TPSA) is 32.3 Å². The Morgan fingerprint density at radius 1 is 1.21 bits per heavy atom. The van der Waals surface area contributed by atoms with Crippen LogP contribution in [0.4, 0.5) is 0 Å². The van der Waals surface area contributed by atoms with Gasteiger partial charge in [0.05, 0.1) is 0 Å². The molecule has 0 spiro atoms. The Hall–Kier alpha value is -0.0800. The number of aliphatic hydroxyl groups excluding tert-OH is 1. The van der Waals surface area contributed by atoms with E-state index in [4.69, 9.17) is 0 Å². The minimum Gasteiger partial charge on any atom is -0.396 e. The van der Waals surface area contributed by atoms with Crippen molar-refractivity contribution in [2.45, 2.75) is 57.5 Å². The van der Waals surface area contributed by atoms with Crippen LogP contribution in [0.1, 0.15) is 45.4 Å². The Morgan fingerprint density at radius 2 is 2.07 bits per heavy atom. The number of aliphatic hydroxyl groups is 1. The van der Waals surface area contributed by atoms with Crippen molar-refractivity contribution < 1.29 is 5.11 Å². The maximum Gasteiger partial charge on any atom is 0.0474 e. The van der Waals surface area contributed by atoms with Gasteiger partial charge in [-0.2, -0.15) is 0 Å². The molecular weight excluding hydrogens is 174 g/mol. The molecule has 82 valence electrons. The largest absolute Gasteiger partial charge is 0.396 e. The van der Waals surface area contributed by atoms with Crippen LogP contribution >= 0.6 is 0 Å². The van der Waals surface area contributed by atoms with Crippen LogP contribution in [0.15, 0.2) is 0 Å². The highest BCUT2D eigenvalue weighted by molar-refractivity contribution is 4.88. The lowest BCUT2D eigenvalue weighted by Gasteiger charge is -2.23. The molecule has 4 unspecified atom stereocenters. The monoisotopic (exact) mass is 197 g/mol. The van der Waals surface area contributed by atoms with Crippen molar-refractivity contribution in [1.29, 1.82) is 0 Å². The predicted octanol–water partition coefficient (Wildman–Crippen LogP) is 1.93. The Labute approximate surface area is 87.1 Å². The van der Waals surface area contributed by atoms with E-state index in [2.05, 4.69) is 12.2 Å². The van der Waals surface area contributed by atoms with Gasteiger partial charge in [-0.3, -0.25) is 0 Å². The van der Waals surface area contributed by atoms with Crippen LogP contribution in [0.3, 0.4) is 0 Å². The molecular formula is C12H23NO. The lowest BCUT2D eigenvalue weighted by Crippen LogP contribution is -2.40. The van der Waals surface area contributed by atoms with Crippen molar-refractivity contribution >= 4 is 0 Å². The van der Waals surface area contributed by atoms with Crippen LogP contribution in [0.5, 0.6) is 0 Å². The Balaban J connectivity index is 1.79. The Kier molecular flexibility index (Phi) is 3.45. The van der Waals surface area contributed by atoms with Crippen LogP contribution in [0.25, 0.3) is 0 Å². The van der Waals surface area contributed by atoms with E-state index in [9.17, 15) is 5.11 Å². The normalized spacial score (nSPS) is 43.3. The van der Waals surface area contributed by atoms with Gasteiger partial charge < -0.3 is 10.4 Å². The Morgan fingerprint density at radius 3 is 2.71 bits per heavy atom. The van der Waals surface area contributed by atoms with Crippen molar-refractivity contribution in [2.75, 3.05) is 6.61 Å². The zero-order valence-electron chi connectivity index (χ0n) is 9.21. The van der Waals surface area contributed by atoms with Gasteiger partial charge in [-0.05, 0) is 43.9 Å². The molecule has 2 saturated carbocycles. The molecule has 0 bridgehead atoms. The van der Waals surface area contributed by atoms with E-state index in [-0.39, 0.29) is 0 Å². The van der Waals surface area contributed by atoms with Crippen LogP contribution in [-0.4, -0.2) is 23.8 Å². The van der Waals surface area contributed by atoms with E-state index in [1.807, 2.05) is 0 Å². The fraction of sp³-hybridized carbons (Fsp3) is 1.00. The molecule has 2 fully saturated rings. The van der Waals surface area contributed by atoms with Gasteiger partial charge >= 0.3 is 0 Å². The first kappa shape index (κ1) is 10.4. The molecule has 0 saturated heterocycles. The molecule has 0 heterocycles. The summed E-state index contributed by atoms with van der Waals surface area (Å²) in [5, 5.41) is 13.0. The van der Waals surface area contributed by atoms with E-state index in [1.54, 1.807) is 0 Å². The number of hydrogen-bond donors (Lipinski definition) is 2. The van der Waals surface area contributed by atoms with Crippen LogP contribution in [0, 0.1) is 11.8 Å². The van der Waals surface area contributed by atoms with Gasteiger partial charge in [0, 0.05) is 18.7 Å². The third-order valence-corrected chi connectivity index (χ3v) is 4.04. The smallest absolute Gasteiger partial charge is 0.0474 e. The molecule has 0 radical (unpaired) electrons. The molecule has 2 aliphatic rings. The highest BCUT2D eigenvalue weighted by Crippen LogP contribution is 2.30. The number of rotatable bonds is 3. The summed E-state index contributed by atoms with van der Waals surface area (Å²) in [5.41, 5.74) is 0. The van der Waals surface area contributed by atoms with Gasteiger partial charge in [0.15, 0.2) is 0 Å². The second-order valence-electron chi connectivity index (χ2n) is 5.26. The van der Waals surface area contributed by atoms with E-state index >= 15 is 0 Å². The molecule has 2 N–H and O–H groups in total. The summed E-state index contributed by atoms with van der Waals surface area (Å²) >= 11 is 0. The van der Waals surface area contributed by atoms with Gasteiger partial charge in [-0.25, -0.2) is 0 Å². The van der Waals surface area contributed by atoms with E-state index in [1.165, 1.54) is 38.5 Å². The first-order valence-corrected chi connectivity index (χ1v) is 6.16. The van der Waals surface area contributed by atoms with E-state index in [0.29, 0.717) is 18.6 Å². The summed E-state index contributed by atoms with van der Waals surface area (Å²) in [4.78, 5) is 0. The van der Waals surface area contributed by atoms with Crippen molar-refractivity contribution in [1.82, 2.24) is 5.32 Å². The summed E-state index contributed by atoms with van der Waals surface area (Å²) in [6.45, 7) is 2.72. The van der Waals surface area contributed by atoms with Gasteiger partial charge in [-0.1, -0.05) is 13.3 Å². The first-order chi connectivity index (χ1) is 6.79. The molecule has 0 aromatic rings. The van der Waals surface area contributed by atoms with Crippen molar-refractivity contribution in [3.05, 3.63) is 0 Å². The van der Waals surface area contributed by atoms with E-state index in [0.717, 1.165) is 12.0 Å². The zero-order valence-corrected chi connectivity index (χ0v) is 9.21. The van der Waals surface area contributed by atoms with Crippen LogP contribution < -0.4 is 5.32 Å². The summed E-state index contributed by atoms with van der Waals surface area (Å²) in [6.07, 6.45) is 7.86. The molecule has 14 heavy (non-hydrogen) atoms. The maximum atomic E-state index is 9.22. The highest BCUT2D eigenvalue weighted by Gasteiger charge is 2.30. The predicted molar refractivity (Wildman–Crippen MR) is 58.2 cm³/mol. The van der Waals surface area contributed by atoms with Crippen LogP contribution in [-0.2, 0) is 0 Å².